The summed E-state index contributed by atoms with van der Waals surface area (Å²) in [7, 11) is -4.06. The topological polar surface area (TPSA) is 139 Å². The van der Waals surface area contributed by atoms with Crippen LogP contribution in [0.15, 0.2) is 45.8 Å². The Kier molecular flexibility index (Phi) is 8.09. The molecule has 12 heteroatoms. The van der Waals surface area contributed by atoms with Gasteiger partial charge in [-0.15, -0.1) is 0 Å². The molecule has 0 aliphatic rings. The van der Waals surface area contributed by atoms with Gasteiger partial charge in [-0.25, -0.2) is 13.4 Å². The van der Waals surface area contributed by atoms with Gasteiger partial charge in [0.2, 0.25) is 11.7 Å². The van der Waals surface area contributed by atoms with E-state index in [0.717, 1.165) is 6.07 Å². The minimum atomic E-state index is -4.06. The number of hydrogen-bond donors (Lipinski definition) is 3. The first kappa shape index (κ1) is 26.5. The molecule has 3 rings (SSSR count). The maximum atomic E-state index is 13.1. The number of aromatic nitrogens is 1. The number of hydrogen-bond acceptors (Lipinski definition) is 7. The van der Waals surface area contributed by atoms with E-state index in [1.807, 2.05) is 6.92 Å². The van der Waals surface area contributed by atoms with Crippen molar-refractivity contribution in [3.63, 3.8) is 0 Å². The van der Waals surface area contributed by atoms with Crippen molar-refractivity contribution in [2.24, 2.45) is 0 Å². The number of phenols is 1. The van der Waals surface area contributed by atoms with E-state index in [9.17, 15) is 23.1 Å². The normalized spacial score (nSPS) is 12.3. The molecular formula is C23H23Cl2N3O6S. The van der Waals surface area contributed by atoms with Crippen molar-refractivity contribution in [3.05, 3.63) is 63.8 Å². The van der Waals surface area contributed by atoms with Gasteiger partial charge in [0, 0.05) is 17.5 Å². The lowest BCUT2D eigenvalue weighted by Gasteiger charge is -2.18. The summed E-state index contributed by atoms with van der Waals surface area (Å²) in [6.07, 6.45) is 1.74. The van der Waals surface area contributed by atoms with Crippen LogP contribution in [0, 0.1) is 6.92 Å². The Bertz CT molecular complexity index is 1390. The highest BCUT2D eigenvalue weighted by atomic mass is 35.5. The molecule has 1 atom stereocenters. The third kappa shape index (κ3) is 5.77. The van der Waals surface area contributed by atoms with E-state index in [1.54, 1.807) is 19.9 Å². The van der Waals surface area contributed by atoms with E-state index in [-0.39, 0.29) is 38.5 Å². The predicted molar refractivity (Wildman–Crippen MR) is 133 cm³/mol. The molecule has 0 bridgehead atoms. The number of nitrogens with one attached hydrogen (secondary N) is 2. The summed E-state index contributed by atoms with van der Waals surface area (Å²) in [5.41, 5.74) is 0.628. The smallest absolute Gasteiger partial charge is 0.293 e. The summed E-state index contributed by atoms with van der Waals surface area (Å²) in [4.78, 5) is 29.1. The van der Waals surface area contributed by atoms with Gasteiger partial charge in [0.15, 0.2) is 15.7 Å². The number of anilines is 2. The molecule has 1 aromatic heterocycles. The lowest BCUT2D eigenvalue weighted by atomic mass is 10.2. The summed E-state index contributed by atoms with van der Waals surface area (Å²) in [5, 5.41) is 14.0. The second-order valence-corrected chi connectivity index (χ2v) is 10.6. The molecule has 35 heavy (non-hydrogen) atoms. The Morgan fingerprint density at radius 2 is 1.80 bits per heavy atom. The van der Waals surface area contributed by atoms with Gasteiger partial charge in [0.05, 0.1) is 27.5 Å². The van der Waals surface area contributed by atoms with Crippen LogP contribution in [0.25, 0.3) is 0 Å². The summed E-state index contributed by atoms with van der Waals surface area (Å²) < 4.78 is 31.4. The first-order valence-electron chi connectivity index (χ1n) is 10.6. The molecule has 1 heterocycles. The molecule has 0 fully saturated rings. The molecular weight excluding hydrogens is 517 g/mol. The number of sulfone groups is 1. The van der Waals surface area contributed by atoms with Crippen LogP contribution < -0.4 is 10.6 Å². The number of oxazole rings is 1. The standard InChI is InChI=1S/C23H23Cl2N3O6S/c1-4-20(35(32,33)13-7-6-12(3)14(24)8-13)23(31)27-16-10-18(29)17(9-15(16)25)28-22(30)19-11-26-21(5-2)34-19/h6-11,20,29H,4-5H2,1-3H3,(H,27,31)(H,28,30). The first-order chi connectivity index (χ1) is 16.5. The SMILES string of the molecule is CCc1ncc(C(=O)Nc2cc(Cl)c(NC(=O)C(CC)S(=O)(=O)c3ccc(C)c(Cl)c3)cc2O)o1. The van der Waals surface area contributed by atoms with E-state index in [4.69, 9.17) is 27.6 Å². The second kappa shape index (κ2) is 10.7. The van der Waals surface area contributed by atoms with Crippen molar-refractivity contribution in [1.29, 1.82) is 0 Å². The number of benzene rings is 2. The predicted octanol–water partition coefficient (Wildman–Crippen LogP) is 5.00. The van der Waals surface area contributed by atoms with Crippen LogP contribution in [-0.4, -0.2) is 35.6 Å². The molecule has 0 aliphatic heterocycles. The van der Waals surface area contributed by atoms with Crippen LogP contribution in [0.3, 0.4) is 0 Å². The van der Waals surface area contributed by atoms with Gasteiger partial charge in [-0.2, -0.15) is 0 Å². The lowest BCUT2D eigenvalue weighted by Crippen LogP contribution is -2.34. The van der Waals surface area contributed by atoms with E-state index < -0.39 is 32.7 Å². The van der Waals surface area contributed by atoms with Crippen LogP contribution in [0.1, 0.15) is 42.3 Å². The molecule has 2 amide bonds. The Morgan fingerprint density at radius 3 is 2.40 bits per heavy atom. The van der Waals surface area contributed by atoms with Crippen molar-refractivity contribution in [1.82, 2.24) is 4.98 Å². The van der Waals surface area contributed by atoms with E-state index in [0.29, 0.717) is 17.9 Å². The fraction of sp³-hybridized carbons (Fsp3) is 0.261. The molecule has 1 unspecified atom stereocenters. The average Bonchev–Trinajstić information content (AvgIpc) is 3.28. The summed E-state index contributed by atoms with van der Waals surface area (Å²) >= 11 is 12.3. The number of nitrogens with zero attached hydrogens (tertiary/aromatic N) is 1. The number of rotatable bonds is 8. The quantitative estimate of drug-likeness (QED) is 0.342. The zero-order valence-corrected chi connectivity index (χ0v) is 21.4. The summed E-state index contributed by atoms with van der Waals surface area (Å²) in [6.45, 7) is 5.11. The summed E-state index contributed by atoms with van der Waals surface area (Å²) in [5.74, 6) is -1.58. The van der Waals surface area contributed by atoms with Gasteiger partial charge in [0.1, 0.15) is 11.0 Å². The van der Waals surface area contributed by atoms with Crippen LogP contribution in [0.5, 0.6) is 5.75 Å². The fourth-order valence-corrected chi connectivity index (χ4v) is 5.30. The molecule has 3 N–H and O–H groups in total. The fourth-order valence-electron chi connectivity index (χ4n) is 3.19. The average molecular weight is 540 g/mol. The highest BCUT2D eigenvalue weighted by Crippen LogP contribution is 2.35. The van der Waals surface area contributed by atoms with Crippen molar-refractivity contribution in [3.8, 4) is 5.75 Å². The van der Waals surface area contributed by atoms with Crippen LogP contribution >= 0.6 is 23.2 Å². The number of amides is 2. The van der Waals surface area contributed by atoms with Gasteiger partial charge in [-0.1, -0.05) is 43.1 Å². The zero-order valence-electron chi connectivity index (χ0n) is 19.1. The van der Waals surface area contributed by atoms with Crippen LogP contribution in [-0.2, 0) is 21.1 Å². The molecule has 0 aliphatic carbocycles. The van der Waals surface area contributed by atoms with E-state index in [2.05, 4.69) is 15.6 Å². The van der Waals surface area contributed by atoms with Crippen LogP contribution in [0.4, 0.5) is 11.4 Å². The van der Waals surface area contributed by atoms with Crippen molar-refractivity contribution >= 4 is 56.2 Å². The van der Waals surface area contributed by atoms with Gasteiger partial charge in [-0.3, -0.25) is 9.59 Å². The minimum absolute atomic E-state index is 0.0195. The van der Waals surface area contributed by atoms with Gasteiger partial charge in [-0.05, 0) is 37.1 Å². The Morgan fingerprint density at radius 1 is 1.09 bits per heavy atom. The highest BCUT2D eigenvalue weighted by Gasteiger charge is 2.33. The van der Waals surface area contributed by atoms with Crippen molar-refractivity contribution < 1.29 is 27.5 Å². The minimum Gasteiger partial charge on any atom is -0.506 e. The van der Waals surface area contributed by atoms with Gasteiger partial charge in [0.25, 0.3) is 5.91 Å². The number of halogens is 2. The molecule has 9 nitrogen and oxygen atoms in total. The van der Waals surface area contributed by atoms with Gasteiger partial charge >= 0.3 is 0 Å². The van der Waals surface area contributed by atoms with Crippen molar-refractivity contribution in [2.75, 3.05) is 10.6 Å². The number of aromatic hydroxyl groups is 1. The Labute approximate surface area is 212 Å². The number of carbonyl (C=O) groups is 2. The maximum Gasteiger partial charge on any atom is 0.293 e. The summed E-state index contributed by atoms with van der Waals surface area (Å²) in [6, 6.07) is 6.58. The highest BCUT2D eigenvalue weighted by molar-refractivity contribution is 7.92. The molecule has 0 radical (unpaired) electrons. The maximum absolute atomic E-state index is 13.1. The molecule has 3 aromatic rings. The Balaban J connectivity index is 1.81. The number of aryl methyl sites for hydroxylation is 2. The molecule has 2 aromatic carbocycles. The van der Waals surface area contributed by atoms with Crippen molar-refractivity contribution in [2.45, 2.75) is 43.8 Å². The molecule has 0 saturated heterocycles. The van der Waals surface area contributed by atoms with Crippen LogP contribution in [0.2, 0.25) is 10.0 Å². The number of phenolic OH excluding ortho intramolecular Hbond substituents is 1. The first-order valence-corrected chi connectivity index (χ1v) is 12.9. The second-order valence-electron chi connectivity index (χ2n) is 7.62. The number of carbonyl (C=O) groups excluding carboxylic acids is 2. The molecule has 186 valence electrons. The Hall–Kier alpha value is -3.08. The van der Waals surface area contributed by atoms with E-state index in [1.165, 1.54) is 24.4 Å². The van der Waals surface area contributed by atoms with E-state index >= 15 is 0 Å². The third-order valence-corrected chi connectivity index (χ3v) is 8.11. The van der Waals surface area contributed by atoms with Gasteiger partial charge < -0.3 is 20.2 Å². The molecule has 0 saturated carbocycles. The lowest BCUT2D eigenvalue weighted by molar-refractivity contribution is -0.115. The molecule has 0 spiro atoms. The zero-order chi connectivity index (χ0) is 25.9. The largest absolute Gasteiger partial charge is 0.506 e. The monoisotopic (exact) mass is 539 g/mol. The third-order valence-electron chi connectivity index (χ3n) is 5.18.